The molecule has 0 amide bonds. The molecule has 0 aromatic carbocycles. The summed E-state index contributed by atoms with van der Waals surface area (Å²) in [5.41, 5.74) is 1.89. The van der Waals surface area contributed by atoms with Gasteiger partial charge in [0, 0.05) is 17.6 Å². The van der Waals surface area contributed by atoms with Gasteiger partial charge >= 0.3 is 0 Å². The Morgan fingerprint density at radius 1 is 1.14 bits per heavy atom. The van der Waals surface area contributed by atoms with Gasteiger partial charge in [0.15, 0.2) is 0 Å². The highest BCUT2D eigenvalue weighted by Gasteiger charge is 2.37. The van der Waals surface area contributed by atoms with Crippen molar-refractivity contribution in [2.45, 2.75) is 33.3 Å². The van der Waals surface area contributed by atoms with E-state index in [0.717, 1.165) is 5.57 Å². The van der Waals surface area contributed by atoms with Gasteiger partial charge in [-0.05, 0) is 26.3 Å². The monoisotopic (exact) mass is 192 g/mol. The Morgan fingerprint density at radius 2 is 1.79 bits per heavy atom. The molecule has 3 heteroatoms. The van der Waals surface area contributed by atoms with Crippen molar-refractivity contribution in [3.8, 4) is 0 Å². The van der Waals surface area contributed by atoms with Gasteiger partial charge in [0.2, 0.25) is 11.6 Å². The van der Waals surface area contributed by atoms with Gasteiger partial charge in [-0.1, -0.05) is 0 Å². The van der Waals surface area contributed by atoms with E-state index < -0.39 is 0 Å². The fraction of sp³-hybridized carbons (Fsp3) is 0.455. The molecular weight excluding hydrogens is 180 g/mol. The smallest absolute Gasteiger partial charge is 0.233 e. The third-order valence-corrected chi connectivity index (χ3v) is 2.81. The van der Waals surface area contributed by atoms with Crippen molar-refractivity contribution in [2.75, 3.05) is 0 Å². The molecule has 0 fully saturated rings. The second-order valence-electron chi connectivity index (χ2n) is 3.85. The molecule has 1 aliphatic carbocycles. The summed E-state index contributed by atoms with van der Waals surface area (Å²) >= 11 is 0. The molecule has 14 heavy (non-hydrogen) atoms. The first-order chi connectivity index (χ1) is 6.52. The van der Waals surface area contributed by atoms with Crippen LogP contribution in [0.15, 0.2) is 22.5 Å². The minimum absolute atomic E-state index is 0.0117. The van der Waals surface area contributed by atoms with E-state index in [1.54, 1.807) is 6.92 Å². The number of hydrogen-bond acceptors (Lipinski definition) is 3. The molecule has 1 aliphatic heterocycles. The highest BCUT2D eigenvalue weighted by molar-refractivity contribution is 6.50. The van der Waals surface area contributed by atoms with Gasteiger partial charge in [-0.2, -0.15) is 0 Å². The van der Waals surface area contributed by atoms with Crippen LogP contribution in [0.2, 0.25) is 0 Å². The molecule has 0 radical (unpaired) electrons. The van der Waals surface area contributed by atoms with Crippen molar-refractivity contribution in [2.24, 2.45) is 0 Å². The third kappa shape index (κ3) is 1.05. The van der Waals surface area contributed by atoms with Crippen LogP contribution in [0.4, 0.5) is 0 Å². The largest absolute Gasteiger partial charge is 0.490 e. The van der Waals surface area contributed by atoms with Gasteiger partial charge in [0.1, 0.15) is 11.9 Å². The van der Waals surface area contributed by atoms with Crippen molar-refractivity contribution >= 4 is 11.6 Å². The molecule has 74 valence electrons. The van der Waals surface area contributed by atoms with Gasteiger partial charge in [0.05, 0.1) is 0 Å². The summed E-state index contributed by atoms with van der Waals surface area (Å²) in [6, 6.07) is 0. The second kappa shape index (κ2) is 2.80. The normalized spacial score (nSPS) is 26.9. The maximum Gasteiger partial charge on any atom is 0.233 e. The Morgan fingerprint density at radius 3 is 2.43 bits per heavy atom. The standard InChI is InChI=1S/C11H12O3/c1-5-4-8-10(13)9(12)6(2)7(3)11(8)14-5/h5H,4H2,1-3H3. The molecule has 3 nitrogen and oxygen atoms in total. The zero-order valence-corrected chi connectivity index (χ0v) is 8.51. The summed E-state index contributed by atoms with van der Waals surface area (Å²) in [5.74, 6) is -0.119. The van der Waals surface area contributed by atoms with E-state index in [0.29, 0.717) is 23.3 Å². The lowest BCUT2D eigenvalue weighted by Gasteiger charge is -2.14. The average Bonchev–Trinajstić information content (AvgIpc) is 2.54. The predicted octanol–water partition coefficient (Wildman–Crippen LogP) is 1.54. The van der Waals surface area contributed by atoms with Crippen molar-refractivity contribution in [3.63, 3.8) is 0 Å². The van der Waals surface area contributed by atoms with Gasteiger partial charge in [-0.3, -0.25) is 9.59 Å². The number of carbonyl (C=O) groups is 2. The van der Waals surface area contributed by atoms with Gasteiger partial charge < -0.3 is 4.74 Å². The molecule has 0 N–H and O–H groups in total. The number of allylic oxidation sites excluding steroid dienone is 2. The number of carbonyl (C=O) groups excluding carboxylic acids is 2. The Kier molecular flexibility index (Phi) is 1.84. The molecular formula is C11H12O3. The van der Waals surface area contributed by atoms with Crippen LogP contribution in [0.1, 0.15) is 27.2 Å². The number of Topliss-reactive ketones (excluding diaryl/α,β-unsaturated/α-hetero) is 2. The van der Waals surface area contributed by atoms with E-state index in [2.05, 4.69) is 0 Å². The van der Waals surface area contributed by atoms with Crippen LogP contribution in [0.5, 0.6) is 0 Å². The number of ether oxygens (including phenoxy) is 1. The molecule has 0 saturated heterocycles. The Balaban J connectivity index is 2.54. The van der Waals surface area contributed by atoms with Crippen LogP contribution in [0.25, 0.3) is 0 Å². The second-order valence-corrected chi connectivity index (χ2v) is 3.85. The molecule has 0 saturated carbocycles. The highest BCUT2D eigenvalue weighted by atomic mass is 16.5. The number of ketones is 2. The minimum Gasteiger partial charge on any atom is -0.490 e. The minimum atomic E-state index is -0.382. The Hall–Kier alpha value is -1.38. The first kappa shape index (κ1) is 9.19. The molecule has 0 aromatic heterocycles. The topological polar surface area (TPSA) is 43.4 Å². The molecule has 2 aliphatic rings. The average molecular weight is 192 g/mol. The summed E-state index contributed by atoms with van der Waals surface area (Å²) in [4.78, 5) is 23.1. The summed E-state index contributed by atoms with van der Waals surface area (Å²) in [6.45, 7) is 5.40. The fourth-order valence-corrected chi connectivity index (χ4v) is 1.85. The third-order valence-electron chi connectivity index (χ3n) is 2.81. The lowest BCUT2D eigenvalue weighted by molar-refractivity contribution is -0.132. The van der Waals surface area contributed by atoms with E-state index in [4.69, 9.17) is 4.74 Å². The SMILES string of the molecule is CC1=C(C)C2=C(CC(C)O2)C(=O)C1=O. The van der Waals surface area contributed by atoms with Crippen molar-refractivity contribution < 1.29 is 14.3 Å². The Bertz CT molecular complexity index is 391. The van der Waals surface area contributed by atoms with Crippen LogP contribution < -0.4 is 0 Å². The first-order valence-corrected chi connectivity index (χ1v) is 4.69. The lowest BCUT2D eigenvalue weighted by Crippen LogP contribution is -2.22. The highest BCUT2D eigenvalue weighted by Crippen LogP contribution is 2.35. The molecule has 1 heterocycles. The molecule has 1 atom stereocenters. The molecule has 1 unspecified atom stereocenters. The van der Waals surface area contributed by atoms with E-state index in [-0.39, 0.29) is 17.7 Å². The number of rotatable bonds is 0. The summed E-state index contributed by atoms with van der Waals surface area (Å²) in [6.07, 6.45) is 0.572. The lowest BCUT2D eigenvalue weighted by atomic mass is 9.89. The zero-order chi connectivity index (χ0) is 10.5. The first-order valence-electron chi connectivity index (χ1n) is 4.69. The van der Waals surface area contributed by atoms with Gasteiger partial charge in [-0.15, -0.1) is 0 Å². The quantitative estimate of drug-likeness (QED) is 0.432. The predicted molar refractivity (Wildman–Crippen MR) is 50.6 cm³/mol. The van der Waals surface area contributed by atoms with Crippen LogP contribution in [0, 0.1) is 0 Å². The fourth-order valence-electron chi connectivity index (χ4n) is 1.85. The maximum absolute atomic E-state index is 11.6. The molecule has 0 spiro atoms. The van der Waals surface area contributed by atoms with Crippen molar-refractivity contribution in [1.82, 2.24) is 0 Å². The summed E-state index contributed by atoms with van der Waals surface area (Å²) in [7, 11) is 0. The molecule has 2 rings (SSSR count). The van der Waals surface area contributed by atoms with E-state index in [1.807, 2.05) is 13.8 Å². The summed E-state index contributed by atoms with van der Waals surface area (Å²) < 4.78 is 5.52. The van der Waals surface area contributed by atoms with Gasteiger partial charge in [0.25, 0.3) is 0 Å². The molecule has 0 aromatic rings. The zero-order valence-electron chi connectivity index (χ0n) is 8.51. The van der Waals surface area contributed by atoms with E-state index in [1.165, 1.54) is 0 Å². The van der Waals surface area contributed by atoms with E-state index >= 15 is 0 Å². The van der Waals surface area contributed by atoms with Gasteiger partial charge in [-0.25, -0.2) is 0 Å². The van der Waals surface area contributed by atoms with E-state index in [9.17, 15) is 9.59 Å². The van der Waals surface area contributed by atoms with Crippen LogP contribution in [-0.2, 0) is 14.3 Å². The number of hydrogen-bond donors (Lipinski definition) is 0. The van der Waals surface area contributed by atoms with Crippen LogP contribution in [-0.4, -0.2) is 17.7 Å². The van der Waals surface area contributed by atoms with Crippen LogP contribution >= 0.6 is 0 Å². The van der Waals surface area contributed by atoms with Crippen molar-refractivity contribution in [1.29, 1.82) is 0 Å². The Labute approximate surface area is 82.4 Å². The maximum atomic E-state index is 11.6. The molecule has 0 bridgehead atoms. The van der Waals surface area contributed by atoms with Crippen molar-refractivity contribution in [3.05, 3.63) is 22.5 Å². The summed E-state index contributed by atoms with van der Waals surface area (Å²) in [5, 5.41) is 0. The van der Waals surface area contributed by atoms with Crippen LogP contribution in [0.3, 0.4) is 0 Å².